The number of hydrogen-bond acceptors (Lipinski definition) is 3. The number of carbonyl (C=O) groups is 1. The minimum absolute atomic E-state index is 0.0212. The fourth-order valence-electron chi connectivity index (χ4n) is 2.04. The van der Waals surface area contributed by atoms with Crippen molar-refractivity contribution in [3.05, 3.63) is 33.3 Å². The molecule has 0 unspecified atom stereocenters. The van der Waals surface area contributed by atoms with E-state index >= 15 is 0 Å². The Bertz CT molecular complexity index is 734. The molecule has 0 bridgehead atoms. The van der Waals surface area contributed by atoms with E-state index in [1.54, 1.807) is 7.05 Å². The van der Waals surface area contributed by atoms with Crippen molar-refractivity contribution in [2.45, 2.75) is 32.6 Å². The molecule has 2 aromatic heterocycles. The zero-order valence-electron chi connectivity index (χ0n) is 12.8. The van der Waals surface area contributed by atoms with Crippen molar-refractivity contribution in [1.82, 2.24) is 24.9 Å². The number of nitrogens with zero attached hydrogens (tertiary/aromatic N) is 4. The van der Waals surface area contributed by atoms with Crippen molar-refractivity contribution >= 4 is 29.1 Å². The first kappa shape index (κ1) is 18.6. The summed E-state index contributed by atoms with van der Waals surface area (Å²) in [6.07, 6.45) is -3.23. The Morgan fingerprint density at radius 1 is 1.38 bits per heavy atom. The van der Waals surface area contributed by atoms with E-state index in [-0.39, 0.29) is 31.1 Å². The van der Waals surface area contributed by atoms with E-state index < -0.39 is 16.9 Å². The molecule has 0 fully saturated rings. The third-order valence-electron chi connectivity index (χ3n) is 3.42. The van der Waals surface area contributed by atoms with Crippen LogP contribution < -0.4 is 5.32 Å². The summed E-state index contributed by atoms with van der Waals surface area (Å²) in [4.78, 5) is 11.9. The van der Waals surface area contributed by atoms with Gasteiger partial charge in [-0.1, -0.05) is 23.2 Å². The highest BCUT2D eigenvalue weighted by molar-refractivity contribution is 6.32. The van der Waals surface area contributed by atoms with E-state index in [4.69, 9.17) is 23.2 Å². The monoisotopic (exact) mass is 383 g/mol. The number of aromatic nitrogens is 4. The summed E-state index contributed by atoms with van der Waals surface area (Å²) in [7, 11) is 1.68. The minimum atomic E-state index is -4.63. The summed E-state index contributed by atoms with van der Waals surface area (Å²) in [6.45, 7) is 1.56. The fraction of sp³-hybridized carbons (Fsp3) is 0.462. The molecule has 11 heteroatoms. The summed E-state index contributed by atoms with van der Waals surface area (Å²) >= 11 is 11.6. The Balaban J connectivity index is 1.95. The van der Waals surface area contributed by atoms with Gasteiger partial charge in [-0.2, -0.15) is 23.4 Å². The lowest BCUT2D eigenvalue weighted by molar-refractivity contribution is -0.141. The Morgan fingerprint density at radius 3 is 2.54 bits per heavy atom. The second-order valence-electron chi connectivity index (χ2n) is 5.06. The van der Waals surface area contributed by atoms with Crippen LogP contribution in [0.5, 0.6) is 0 Å². The molecule has 6 nitrogen and oxygen atoms in total. The molecule has 0 saturated heterocycles. The summed E-state index contributed by atoms with van der Waals surface area (Å²) in [5, 5.41) is 9.96. The highest BCUT2D eigenvalue weighted by atomic mass is 35.5. The molecule has 0 aliphatic rings. The van der Waals surface area contributed by atoms with Gasteiger partial charge in [0.05, 0.1) is 40.7 Å². The van der Waals surface area contributed by atoms with Gasteiger partial charge in [-0.15, -0.1) is 0 Å². The van der Waals surface area contributed by atoms with Crippen LogP contribution >= 0.6 is 23.2 Å². The van der Waals surface area contributed by atoms with E-state index in [0.29, 0.717) is 10.7 Å². The highest BCUT2D eigenvalue weighted by Gasteiger charge is 2.38. The standard InChI is InChI=1S/C13H14Cl2F3N5O/c1-7-11(15)12(13(16,17)18)21-23(7)4-3-10(24)19-6-9-8(14)5-20-22(9)2/h5H,3-4,6H2,1-2H3,(H,19,24). The number of alkyl halides is 3. The largest absolute Gasteiger partial charge is 0.436 e. The van der Waals surface area contributed by atoms with Crippen LogP contribution in [-0.4, -0.2) is 25.5 Å². The van der Waals surface area contributed by atoms with Gasteiger partial charge in [-0.25, -0.2) is 0 Å². The second kappa shape index (κ2) is 7.02. The van der Waals surface area contributed by atoms with Crippen LogP contribution in [0.15, 0.2) is 6.20 Å². The molecule has 0 radical (unpaired) electrons. The van der Waals surface area contributed by atoms with E-state index in [1.165, 1.54) is 17.8 Å². The number of nitrogens with one attached hydrogen (secondary N) is 1. The number of carbonyl (C=O) groups excluding carboxylic acids is 1. The van der Waals surface area contributed by atoms with Gasteiger partial charge in [0.2, 0.25) is 5.91 Å². The van der Waals surface area contributed by atoms with Gasteiger partial charge in [-0.3, -0.25) is 14.2 Å². The van der Waals surface area contributed by atoms with Crippen molar-refractivity contribution in [2.75, 3.05) is 0 Å². The molecule has 1 amide bonds. The number of hydrogen-bond donors (Lipinski definition) is 1. The summed E-state index contributed by atoms with van der Waals surface area (Å²) in [6, 6.07) is 0. The number of halogens is 5. The molecular weight excluding hydrogens is 370 g/mol. The number of amides is 1. The van der Waals surface area contributed by atoms with Crippen LogP contribution in [0.4, 0.5) is 13.2 Å². The van der Waals surface area contributed by atoms with Gasteiger partial charge in [0.25, 0.3) is 0 Å². The Morgan fingerprint density at radius 2 is 2.04 bits per heavy atom. The first-order valence-corrected chi connectivity index (χ1v) is 7.60. The summed E-state index contributed by atoms with van der Waals surface area (Å²) in [5.74, 6) is -0.355. The van der Waals surface area contributed by atoms with Gasteiger partial charge in [0.1, 0.15) is 0 Å². The topological polar surface area (TPSA) is 64.7 Å². The predicted molar refractivity (Wildman–Crippen MR) is 81.7 cm³/mol. The van der Waals surface area contributed by atoms with Gasteiger partial charge in [-0.05, 0) is 6.92 Å². The van der Waals surface area contributed by atoms with Crippen molar-refractivity contribution in [1.29, 1.82) is 0 Å². The van der Waals surface area contributed by atoms with Crippen molar-refractivity contribution in [2.24, 2.45) is 7.05 Å². The molecule has 2 rings (SSSR count). The highest BCUT2D eigenvalue weighted by Crippen LogP contribution is 2.35. The quantitative estimate of drug-likeness (QED) is 0.862. The molecule has 132 valence electrons. The third-order valence-corrected chi connectivity index (χ3v) is 4.18. The molecule has 2 aromatic rings. The molecule has 2 heterocycles. The van der Waals surface area contributed by atoms with E-state index in [9.17, 15) is 18.0 Å². The smallest absolute Gasteiger partial charge is 0.350 e. The molecule has 0 aromatic carbocycles. The average Bonchev–Trinajstić information content (AvgIpc) is 2.96. The minimum Gasteiger partial charge on any atom is -0.350 e. The molecule has 0 aliphatic heterocycles. The van der Waals surface area contributed by atoms with Crippen LogP contribution in [-0.2, 0) is 31.1 Å². The Hall–Kier alpha value is -1.74. The second-order valence-corrected chi connectivity index (χ2v) is 5.84. The lowest BCUT2D eigenvalue weighted by Gasteiger charge is -2.07. The molecule has 24 heavy (non-hydrogen) atoms. The van der Waals surface area contributed by atoms with E-state index in [0.717, 1.165) is 4.68 Å². The van der Waals surface area contributed by atoms with Crippen LogP contribution in [0.25, 0.3) is 0 Å². The van der Waals surface area contributed by atoms with Crippen LogP contribution in [0, 0.1) is 6.92 Å². The lowest BCUT2D eigenvalue weighted by Crippen LogP contribution is -2.25. The van der Waals surface area contributed by atoms with Gasteiger partial charge in [0.15, 0.2) is 5.69 Å². The van der Waals surface area contributed by atoms with Crippen LogP contribution in [0.2, 0.25) is 10.0 Å². The molecule has 0 saturated carbocycles. The normalized spacial score (nSPS) is 11.8. The summed E-state index contributed by atoms with van der Waals surface area (Å²) < 4.78 is 40.8. The average molecular weight is 384 g/mol. The number of rotatable bonds is 5. The van der Waals surface area contributed by atoms with Crippen molar-refractivity contribution < 1.29 is 18.0 Å². The predicted octanol–water partition coefficient (Wildman–Crippen LogP) is 2.96. The molecule has 0 aliphatic carbocycles. The molecule has 1 N–H and O–H groups in total. The van der Waals surface area contributed by atoms with Gasteiger partial charge in [0, 0.05) is 13.5 Å². The van der Waals surface area contributed by atoms with Gasteiger partial charge >= 0.3 is 6.18 Å². The lowest BCUT2D eigenvalue weighted by atomic mass is 10.3. The maximum atomic E-state index is 12.7. The fourth-order valence-corrected chi connectivity index (χ4v) is 2.51. The molecular formula is C13H14Cl2F3N5O. The first-order valence-electron chi connectivity index (χ1n) is 6.84. The maximum Gasteiger partial charge on any atom is 0.436 e. The maximum absolute atomic E-state index is 12.7. The zero-order valence-corrected chi connectivity index (χ0v) is 14.3. The van der Waals surface area contributed by atoms with Gasteiger partial charge < -0.3 is 5.32 Å². The number of aryl methyl sites for hydroxylation is 2. The van der Waals surface area contributed by atoms with E-state index in [2.05, 4.69) is 15.5 Å². The molecule has 0 spiro atoms. The third kappa shape index (κ3) is 4.02. The summed E-state index contributed by atoms with van der Waals surface area (Å²) in [5.41, 5.74) is -0.363. The Kier molecular flexibility index (Phi) is 5.44. The van der Waals surface area contributed by atoms with Crippen molar-refractivity contribution in [3.63, 3.8) is 0 Å². The SMILES string of the molecule is Cc1c(Cl)c(C(F)(F)F)nn1CCC(=O)NCc1c(Cl)cnn1C. The first-order chi connectivity index (χ1) is 11.1. The zero-order chi connectivity index (χ0) is 18.1. The Labute approximate surface area is 145 Å². The van der Waals surface area contributed by atoms with E-state index in [1.807, 2.05) is 0 Å². The molecule has 0 atom stereocenters. The van der Waals surface area contributed by atoms with Crippen LogP contribution in [0.1, 0.15) is 23.5 Å². The van der Waals surface area contributed by atoms with Crippen LogP contribution in [0.3, 0.4) is 0 Å². The van der Waals surface area contributed by atoms with Crippen molar-refractivity contribution in [3.8, 4) is 0 Å².